The Balaban J connectivity index is 1.36. The Bertz CT molecular complexity index is 1040. The summed E-state index contributed by atoms with van der Waals surface area (Å²) < 4.78 is 26.8. The Kier molecular flexibility index (Phi) is 3.82. The summed E-state index contributed by atoms with van der Waals surface area (Å²) in [5, 5.41) is 2.87. The maximum atomic E-state index is 13.2. The number of ether oxygens (including phenoxy) is 2. The van der Waals surface area contributed by atoms with E-state index in [2.05, 4.69) is 10.3 Å². The van der Waals surface area contributed by atoms with Crippen LogP contribution in [0.15, 0.2) is 55.0 Å². The topological polar surface area (TPSA) is 65.4 Å². The molecular formula is C21H18FN3O3. The molecule has 2 heterocycles. The van der Waals surface area contributed by atoms with E-state index in [1.165, 1.54) is 24.7 Å². The molecule has 142 valence electrons. The van der Waals surface area contributed by atoms with Gasteiger partial charge >= 0.3 is 0 Å². The first-order chi connectivity index (χ1) is 13.6. The second-order valence-electron chi connectivity index (χ2n) is 7.06. The van der Waals surface area contributed by atoms with Crippen molar-refractivity contribution in [3.63, 3.8) is 0 Å². The van der Waals surface area contributed by atoms with Crippen LogP contribution in [0.1, 0.15) is 36.2 Å². The number of hydrogen-bond donors (Lipinski definition) is 1. The molecule has 2 aliphatic rings. The van der Waals surface area contributed by atoms with Crippen LogP contribution in [0.5, 0.6) is 11.5 Å². The lowest BCUT2D eigenvalue weighted by Crippen LogP contribution is -2.34. The molecule has 2 aromatic carbocycles. The van der Waals surface area contributed by atoms with Gasteiger partial charge in [-0.1, -0.05) is 0 Å². The lowest BCUT2D eigenvalue weighted by Gasteiger charge is -2.21. The van der Waals surface area contributed by atoms with Crippen molar-refractivity contribution >= 4 is 11.6 Å². The zero-order valence-electron chi connectivity index (χ0n) is 15.0. The Hall–Kier alpha value is -3.35. The number of fused-ring (bicyclic) bond motifs is 1. The van der Waals surface area contributed by atoms with Crippen molar-refractivity contribution < 1.29 is 18.7 Å². The first-order valence-corrected chi connectivity index (χ1v) is 9.24. The summed E-state index contributed by atoms with van der Waals surface area (Å²) in [6.45, 7) is 0. The minimum atomic E-state index is -0.536. The predicted molar refractivity (Wildman–Crippen MR) is 100 cm³/mol. The largest absolute Gasteiger partial charge is 0.448 e. The van der Waals surface area contributed by atoms with E-state index in [1.807, 2.05) is 6.07 Å². The number of amides is 1. The van der Waals surface area contributed by atoms with Gasteiger partial charge in [0.1, 0.15) is 11.5 Å². The Morgan fingerprint density at radius 2 is 1.82 bits per heavy atom. The maximum absolute atomic E-state index is 13.2. The molecule has 1 saturated carbocycles. The van der Waals surface area contributed by atoms with Crippen molar-refractivity contribution in [2.24, 2.45) is 0 Å². The van der Waals surface area contributed by atoms with Crippen molar-refractivity contribution in [1.82, 2.24) is 9.55 Å². The van der Waals surface area contributed by atoms with E-state index in [9.17, 15) is 9.18 Å². The zero-order valence-corrected chi connectivity index (χ0v) is 15.0. The van der Waals surface area contributed by atoms with Crippen LogP contribution in [0, 0.1) is 5.82 Å². The van der Waals surface area contributed by atoms with E-state index in [4.69, 9.17) is 9.47 Å². The first kappa shape index (κ1) is 16.8. The van der Waals surface area contributed by atoms with Crippen LogP contribution in [0.25, 0.3) is 5.69 Å². The highest BCUT2D eigenvalue weighted by Gasteiger charge is 2.44. The number of rotatable bonds is 3. The number of benzene rings is 2. The normalized spacial score (nSPS) is 16.5. The molecule has 7 heteroatoms. The third-order valence-corrected chi connectivity index (χ3v) is 5.13. The Morgan fingerprint density at radius 1 is 1.07 bits per heavy atom. The fourth-order valence-corrected chi connectivity index (χ4v) is 3.75. The molecule has 3 aromatic rings. The Morgan fingerprint density at radius 3 is 2.61 bits per heavy atom. The van der Waals surface area contributed by atoms with E-state index in [0.717, 1.165) is 25.7 Å². The summed E-state index contributed by atoms with van der Waals surface area (Å²) in [5.74, 6) is 0.154. The van der Waals surface area contributed by atoms with Crippen LogP contribution in [0.2, 0.25) is 0 Å². The molecule has 1 spiro atoms. The second-order valence-corrected chi connectivity index (χ2v) is 7.06. The van der Waals surface area contributed by atoms with Gasteiger partial charge in [0.05, 0.1) is 12.5 Å². The van der Waals surface area contributed by atoms with Crippen LogP contribution in [-0.2, 0) is 0 Å². The van der Waals surface area contributed by atoms with Crippen LogP contribution < -0.4 is 14.8 Å². The second kappa shape index (κ2) is 6.37. The van der Waals surface area contributed by atoms with Gasteiger partial charge < -0.3 is 14.8 Å². The molecule has 1 aliphatic carbocycles. The third-order valence-electron chi connectivity index (χ3n) is 5.13. The average molecular weight is 379 g/mol. The number of nitrogens with one attached hydrogen (secondary N) is 1. The monoisotopic (exact) mass is 379 g/mol. The van der Waals surface area contributed by atoms with Crippen molar-refractivity contribution in [2.45, 2.75) is 31.5 Å². The van der Waals surface area contributed by atoms with Gasteiger partial charge in [0.25, 0.3) is 11.7 Å². The molecule has 1 amide bonds. The summed E-state index contributed by atoms with van der Waals surface area (Å²) in [5.41, 5.74) is 1.60. The summed E-state index contributed by atoms with van der Waals surface area (Å²) in [6, 6.07) is 11.2. The number of hydrogen-bond acceptors (Lipinski definition) is 4. The number of aromatic nitrogens is 2. The van der Waals surface area contributed by atoms with Crippen LogP contribution in [-0.4, -0.2) is 21.2 Å². The van der Waals surface area contributed by atoms with Crippen molar-refractivity contribution in [3.05, 3.63) is 66.5 Å². The van der Waals surface area contributed by atoms with E-state index < -0.39 is 5.79 Å². The summed E-state index contributed by atoms with van der Waals surface area (Å²) in [6.07, 6.45) is 6.92. The molecule has 6 nitrogen and oxygen atoms in total. The van der Waals surface area contributed by atoms with E-state index >= 15 is 0 Å². The molecule has 0 bridgehead atoms. The highest BCUT2D eigenvalue weighted by Crippen LogP contribution is 2.47. The van der Waals surface area contributed by atoms with Crippen molar-refractivity contribution in [2.75, 3.05) is 5.32 Å². The molecule has 0 atom stereocenters. The summed E-state index contributed by atoms with van der Waals surface area (Å²) in [4.78, 5) is 16.8. The van der Waals surface area contributed by atoms with Crippen LogP contribution in [0.4, 0.5) is 10.1 Å². The third kappa shape index (κ3) is 2.89. The van der Waals surface area contributed by atoms with Gasteiger partial charge in [-0.05, 0) is 49.2 Å². The summed E-state index contributed by atoms with van der Waals surface area (Å²) in [7, 11) is 0. The van der Waals surface area contributed by atoms with Gasteiger partial charge in [0.2, 0.25) is 0 Å². The number of imidazole rings is 1. The number of carbonyl (C=O) groups excluding carboxylic acids is 1. The van der Waals surface area contributed by atoms with Gasteiger partial charge in [0.15, 0.2) is 11.5 Å². The van der Waals surface area contributed by atoms with Gasteiger partial charge in [0, 0.05) is 30.3 Å². The smallest absolute Gasteiger partial charge is 0.274 e. The molecule has 28 heavy (non-hydrogen) atoms. The predicted octanol–water partition coefficient (Wildman–Crippen LogP) is 4.31. The average Bonchev–Trinajstić information content (AvgIpc) is 3.42. The molecule has 1 N–H and O–H groups in total. The van der Waals surface area contributed by atoms with Gasteiger partial charge in [-0.25, -0.2) is 9.37 Å². The van der Waals surface area contributed by atoms with E-state index in [1.54, 1.807) is 28.8 Å². The molecule has 1 fully saturated rings. The van der Waals surface area contributed by atoms with Gasteiger partial charge in [-0.3, -0.25) is 9.36 Å². The van der Waals surface area contributed by atoms with E-state index in [0.29, 0.717) is 28.6 Å². The van der Waals surface area contributed by atoms with E-state index in [-0.39, 0.29) is 11.7 Å². The molecule has 0 saturated heterocycles. The standard InChI is InChI=1S/C21H18FN3O3/c22-14-3-6-16(7-4-14)25-13-23-12-17(25)20(26)24-15-5-8-18-19(11-15)28-21(27-18)9-1-2-10-21/h3-8,11-13H,1-2,9-10H2,(H,24,26). The summed E-state index contributed by atoms with van der Waals surface area (Å²) >= 11 is 0. The highest BCUT2D eigenvalue weighted by atomic mass is 19.1. The van der Waals surface area contributed by atoms with Gasteiger partial charge in [-0.2, -0.15) is 0 Å². The SMILES string of the molecule is O=C(Nc1ccc2c(c1)OC1(CCCC1)O2)c1cncn1-c1ccc(F)cc1. The molecule has 0 radical (unpaired) electrons. The lowest BCUT2D eigenvalue weighted by atomic mass is 10.2. The number of anilines is 1. The molecular weight excluding hydrogens is 361 g/mol. The van der Waals surface area contributed by atoms with Crippen LogP contribution in [0.3, 0.4) is 0 Å². The molecule has 0 unspecified atom stereocenters. The van der Waals surface area contributed by atoms with Gasteiger partial charge in [-0.15, -0.1) is 0 Å². The highest BCUT2D eigenvalue weighted by molar-refractivity contribution is 6.03. The molecule has 5 rings (SSSR count). The number of carbonyl (C=O) groups is 1. The molecule has 1 aliphatic heterocycles. The maximum Gasteiger partial charge on any atom is 0.274 e. The first-order valence-electron chi connectivity index (χ1n) is 9.24. The fourth-order valence-electron chi connectivity index (χ4n) is 3.75. The lowest BCUT2D eigenvalue weighted by molar-refractivity contribution is -0.0716. The Labute approximate surface area is 160 Å². The number of halogens is 1. The zero-order chi connectivity index (χ0) is 19.1. The molecule has 1 aromatic heterocycles. The minimum absolute atomic E-state index is 0.323. The fraction of sp³-hybridized carbons (Fsp3) is 0.238. The quantitative estimate of drug-likeness (QED) is 0.737. The minimum Gasteiger partial charge on any atom is -0.448 e. The number of nitrogens with zero attached hydrogens (tertiary/aromatic N) is 2. The van der Waals surface area contributed by atoms with Crippen LogP contribution >= 0.6 is 0 Å². The van der Waals surface area contributed by atoms with Crippen molar-refractivity contribution in [3.8, 4) is 17.2 Å². The van der Waals surface area contributed by atoms with Crippen molar-refractivity contribution in [1.29, 1.82) is 0 Å².